The minimum absolute atomic E-state index is 0.287. The summed E-state index contributed by atoms with van der Waals surface area (Å²) in [5.74, 6) is 1.05. The molecule has 5 heteroatoms. The lowest BCUT2D eigenvalue weighted by Gasteiger charge is -2.16. The third kappa shape index (κ3) is 3.74. The third-order valence-electron chi connectivity index (χ3n) is 4.00. The molecule has 0 aromatic heterocycles. The molecule has 0 bridgehead atoms. The quantitative estimate of drug-likeness (QED) is 0.882. The van der Waals surface area contributed by atoms with E-state index < -0.39 is 15.1 Å². The third-order valence-corrected chi connectivity index (χ3v) is 6.19. The van der Waals surface area contributed by atoms with Crippen molar-refractivity contribution < 1.29 is 18.9 Å². The van der Waals surface area contributed by atoms with Crippen LogP contribution in [0.15, 0.2) is 53.4 Å². The first kappa shape index (κ1) is 17.5. The molecule has 124 valence electrons. The summed E-state index contributed by atoms with van der Waals surface area (Å²) in [5.41, 5.74) is 5.81. The van der Waals surface area contributed by atoms with Gasteiger partial charge in [-0.25, -0.2) is 8.42 Å². The summed E-state index contributed by atoms with van der Waals surface area (Å²) in [4.78, 5) is 0.292. The van der Waals surface area contributed by atoms with Crippen molar-refractivity contribution in [2.45, 2.75) is 29.9 Å². The molecule has 0 aliphatic heterocycles. The van der Waals surface area contributed by atoms with E-state index in [0.717, 1.165) is 5.56 Å². The highest BCUT2D eigenvalue weighted by atomic mass is 32.2. The summed E-state index contributed by atoms with van der Waals surface area (Å²) in [6.45, 7) is 4.51. The van der Waals surface area contributed by atoms with Gasteiger partial charge in [0, 0.05) is 0 Å². The van der Waals surface area contributed by atoms with Crippen molar-refractivity contribution in [1.29, 1.82) is 0 Å². The zero-order chi connectivity index (χ0) is 17.0. The van der Waals surface area contributed by atoms with Crippen molar-refractivity contribution in [2.24, 2.45) is 0 Å². The Labute approximate surface area is 138 Å². The molecular formula is C18H24NO3S+. The highest BCUT2D eigenvalue weighted by molar-refractivity contribution is 7.91. The van der Waals surface area contributed by atoms with Gasteiger partial charge in [-0.15, -0.1) is 0 Å². The SMILES string of the molecule is COc1ccc(S(=O)(=O)[C@H](C[NH3+])c2ccc(C(C)C)cc2)cc1. The van der Waals surface area contributed by atoms with Crippen LogP contribution >= 0.6 is 0 Å². The molecule has 0 saturated heterocycles. The number of hydrogen-bond acceptors (Lipinski definition) is 3. The van der Waals surface area contributed by atoms with Crippen molar-refractivity contribution in [2.75, 3.05) is 13.7 Å². The Bertz CT molecular complexity index is 735. The van der Waals surface area contributed by atoms with Crippen LogP contribution in [0.4, 0.5) is 0 Å². The normalized spacial score (nSPS) is 13.1. The van der Waals surface area contributed by atoms with Gasteiger partial charge in [0.15, 0.2) is 9.84 Å². The van der Waals surface area contributed by atoms with Crippen molar-refractivity contribution in [3.8, 4) is 5.75 Å². The van der Waals surface area contributed by atoms with E-state index in [2.05, 4.69) is 19.6 Å². The summed E-state index contributed by atoms with van der Waals surface area (Å²) in [5, 5.41) is -0.642. The van der Waals surface area contributed by atoms with Gasteiger partial charge < -0.3 is 10.5 Å². The van der Waals surface area contributed by atoms with E-state index in [-0.39, 0.29) is 6.54 Å². The summed E-state index contributed by atoms with van der Waals surface area (Å²) in [7, 11) is -1.93. The molecule has 2 aromatic carbocycles. The van der Waals surface area contributed by atoms with Crippen LogP contribution in [0, 0.1) is 0 Å². The van der Waals surface area contributed by atoms with Crippen molar-refractivity contribution >= 4 is 9.84 Å². The molecule has 0 amide bonds. The van der Waals surface area contributed by atoms with Gasteiger partial charge >= 0.3 is 0 Å². The number of rotatable bonds is 6. The van der Waals surface area contributed by atoms with Gasteiger partial charge in [0.25, 0.3) is 0 Å². The fourth-order valence-electron chi connectivity index (χ4n) is 2.53. The van der Waals surface area contributed by atoms with Crippen molar-refractivity contribution in [3.63, 3.8) is 0 Å². The first-order valence-corrected chi connectivity index (χ1v) is 9.21. The van der Waals surface area contributed by atoms with E-state index in [1.54, 1.807) is 31.4 Å². The Morgan fingerprint density at radius 3 is 1.91 bits per heavy atom. The van der Waals surface area contributed by atoms with E-state index in [1.165, 1.54) is 5.56 Å². The highest BCUT2D eigenvalue weighted by Gasteiger charge is 2.29. The largest absolute Gasteiger partial charge is 0.497 e. The van der Waals surface area contributed by atoms with Crippen LogP contribution in [0.2, 0.25) is 0 Å². The lowest BCUT2D eigenvalue weighted by atomic mass is 10.0. The molecule has 2 aromatic rings. The Hall–Kier alpha value is -1.85. The van der Waals surface area contributed by atoms with E-state index in [1.807, 2.05) is 24.3 Å². The molecule has 23 heavy (non-hydrogen) atoms. The average molecular weight is 334 g/mol. The Balaban J connectivity index is 2.37. The van der Waals surface area contributed by atoms with E-state index in [9.17, 15) is 8.42 Å². The van der Waals surface area contributed by atoms with Crippen LogP contribution < -0.4 is 10.5 Å². The molecular weight excluding hydrogens is 310 g/mol. The van der Waals surface area contributed by atoms with E-state index in [0.29, 0.717) is 16.6 Å². The molecule has 3 N–H and O–H groups in total. The fourth-order valence-corrected chi connectivity index (χ4v) is 4.20. The Morgan fingerprint density at radius 1 is 0.957 bits per heavy atom. The lowest BCUT2D eigenvalue weighted by Crippen LogP contribution is -2.54. The molecule has 4 nitrogen and oxygen atoms in total. The molecule has 0 aliphatic rings. The lowest BCUT2D eigenvalue weighted by molar-refractivity contribution is -0.367. The highest BCUT2D eigenvalue weighted by Crippen LogP contribution is 2.29. The maximum absolute atomic E-state index is 12.9. The smallest absolute Gasteiger partial charge is 0.190 e. The second-order valence-corrected chi connectivity index (χ2v) is 7.95. The summed E-state index contributed by atoms with van der Waals surface area (Å²) < 4.78 is 30.9. The molecule has 0 radical (unpaired) electrons. The van der Waals surface area contributed by atoms with Gasteiger partial charge in [-0.05, 0) is 41.3 Å². The molecule has 0 aliphatic carbocycles. The van der Waals surface area contributed by atoms with Gasteiger partial charge in [0.1, 0.15) is 11.0 Å². The monoisotopic (exact) mass is 334 g/mol. The number of hydrogen-bond donors (Lipinski definition) is 1. The van der Waals surface area contributed by atoms with Crippen LogP contribution in [-0.4, -0.2) is 22.1 Å². The topological polar surface area (TPSA) is 71.0 Å². The number of quaternary nitrogens is 1. The number of benzene rings is 2. The molecule has 0 fully saturated rings. The van der Waals surface area contributed by atoms with Gasteiger partial charge in [-0.3, -0.25) is 0 Å². The zero-order valence-corrected chi connectivity index (χ0v) is 14.6. The predicted octanol–water partition coefficient (Wildman–Crippen LogP) is 2.58. The maximum Gasteiger partial charge on any atom is 0.190 e. The number of ether oxygens (including phenoxy) is 1. The number of methoxy groups -OCH3 is 1. The summed E-state index contributed by atoms with van der Waals surface area (Å²) in [6.07, 6.45) is 0. The zero-order valence-electron chi connectivity index (χ0n) is 13.8. The van der Waals surface area contributed by atoms with Crippen molar-refractivity contribution in [3.05, 3.63) is 59.7 Å². The molecule has 0 spiro atoms. The van der Waals surface area contributed by atoms with Gasteiger partial charge in [-0.2, -0.15) is 0 Å². The number of sulfone groups is 1. The fraction of sp³-hybridized carbons (Fsp3) is 0.333. The Kier molecular flexibility index (Phi) is 5.44. The van der Waals surface area contributed by atoms with Crippen molar-refractivity contribution in [1.82, 2.24) is 0 Å². The van der Waals surface area contributed by atoms with Crippen LogP contribution in [0.5, 0.6) is 5.75 Å². The van der Waals surface area contributed by atoms with Gasteiger partial charge in [0.2, 0.25) is 0 Å². The summed E-state index contributed by atoms with van der Waals surface area (Å²) in [6, 6.07) is 14.3. The summed E-state index contributed by atoms with van der Waals surface area (Å²) >= 11 is 0. The second kappa shape index (κ2) is 7.15. The molecule has 0 saturated carbocycles. The molecule has 2 rings (SSSR count). The predicted molar refractivity (Wildman–Crippen MR) is 91.2 cm³/mol. The molecule has 1 atom stereocenters. The van der Waals surface area contributed by atoms with Gasteiger partial charge in [-0.1, -0.05) is 38.1 Å². The molecule has 0 unspecified atom stereocenters. The van der Waals surface area contributed by atoms with Crippen LogP contribution in [-0.2, 0) is 9.84 Å². The van der Waals surface area contributed by atoms with Gasteiger partial charge in [0.05, 0.1) is 18.6 Å². The van der Waals surface area contributed by atoms with Crippen LogP contribution in [0.3, 0.4) is 0 Å². The first-order valence-electron chi connectivity index (χ1n) is 7.67. The van der Waals surface area contributed by atoms with E-state index in [4.69, 9.17) is 4.74 Å². The average Bonchev–Trinajstić information content (AvgIpc) is 2.56. The minimum Gasteiger partial charge on any atom is -0.497 e. The molecule has 0 heterocycles. The Morgan fingerprint density at radius 2 is 1.48 bits per heavy atom. The van der Waals surface area contributed by atoms with Crippen LogP contribution in [0.1, 0.15) is 36.1 Å². The minimum atomic E-state index is -3.48. The van der Waals surface area contributed by atoms with E-state index >= 15 is 0 Å². The maximum atomic E-state index is 12.9. The first-order chi connectivity index (χ1) is 10.9. The van der Waals surface area contributed by atoms with Crippen LogP contribution in [0.25, 0.3) is 0 Å². The second-order valence-electron chi connectivity index (χ2n) is 5.82. The standard InChI is InChI=1S/C18H23NO3S/c1-13(2)14-4-6-15(7-5-14)18(12-19)23(20,21)17-10-8-16(22-3)9-11-17/h4-11,13,18H,12,19H2,1-3H3/p+1/t18-/m1/s1.